The minimum atomic E-state index is -4.50. The van der Waals surface area contributed by atoms with Crippen LogP contribution in [0.15, 0.2) is 36.4 Å². The highest BCUT2D eigenvalue weighted by atomic mass is 19.4. The summed E-state index contributed by atoms with van der Waals surface area (Å²) in [5, 5.41) is 2.70. The number of amides is 1. The number of alkyl halides is 3. The fraction of sp³-hybridized carbons (Fsp3) is 0.476. The van der Waals surface area contributed by atoms with Crippen LogP contribution in [-0.4, -0.2) is 23.6 Å². The van der Waals surface area contributed by atoms with E-state index in [1.165, 1.54) is 6.07 Å². The summed E-state index contributed by atoms with van der Waals surface area (Å²) in [6, 6.07) is 8.85. The molecule has 1 amide bonds. The van der Waals surface area contributed by atoms with Gasteiger partial charge in [-0.1, -0.05) is 44.2 Å². The molecule has 2 aromatic rings. The maximum atomic E-state index is 13.9. The Labute approximate surface area is 157 Å². The second-order valence-corrected chi connectivity index (χ2v) is 8.44. The fourth-order valence-corrected chi connectivity index (χ4v) is 3.60. The predicted molar refractivity (Wildman–Crippen MR) is 99.9 cm³/mol. The maximum absolute atomic E-state index is 13.9. The lowest BCUT2D eigenvalue weighted by Gasteiger charge is -2.30. The minimum Gasteiger partial charge on any atom is -0.287 e. The molecule has 0 aromatic heterocycles. The van der Waals surface area contributed by atoms with Crippen molar-refractivity contribution in [2.45, 2.75) is 46.3 Å². The summed E-state index contributed by atoms with van der Waals surface area (Å²) in [4.78, 5) is 12.0. The van der Waals surface area contributed by atoms with E-state index in [1.807, 2.05) is 18.2 Å². The molecule has 1 heterocycles. The summed E-state index contributed by atoms with van der Waals surface area (Å²) >= 11 is 0. The zero-order chi connectivity index (χ0) is 20.0. The summed E-state index contributed by atoms with van der Waals surface area (Å²) in [5.41, 5.74) is 2.79. The summed E-state index contributed by atoms with van der Waals surface area (Å²) < 4.78 is 41.7. The van der Waals surface area contributed by atoms with E-state index in [4.69, 9.17) is 0 Å². The van der Waals surface area contributed by atoms with E-state index in [1.54, 1.807) is 26.0 Å². The lowest BCUT2D eigenvalue weighted by atomic mass is 9.93. The molecule has 6 heteroatoms. The Bertz CT molecular complexity index is 858. The lowest BCUT2D eigenvalue weighted by molar-refractivity contribution is -0.191. The number of fused-ring (bicyclic) bond motifs is 1. The third-order valence-corrected chi connectivity index (χ3v) is 4.94. The molecule has 1 aliphatic rings. The van der Waals surface area contributed by atoms with Crippen molar-refractivity contribution in [3.63, 3.8) is 0 Å². The van der Waals surface area contributed by atoms with E-state index >= 15 is 0 Å². The van der Waals surface area contributed by atoms with E-state index in [0.29, 0.717) is 5.92 Å². The number of hydrogen-bond donors (Lipinski definition) is 1. The molecule has 1 atom stereocenters. The molecule has 1 N–H and O–H groups in total. The first kappa shape index (κ1) is 19.7. The summed E-state index contributed by atoms with van der Waals surface area (Å²) in [7, 11) is 0. The molecule has 3 nitrogen and oxygen atoms in total. The Balaban J connectivity index is 2.02. The van der Waals surface area contributed by atoms with Crippen molar-refractivity contribution >= 4 is 16.7 Å². The number of nitrogens with one attached hydrogen (secondary N) is 1. The predicted octanol–water partition coefficient (Wildman–Crippen LogP) is 5.01. The van der Waals surface area contributed by atoms with Gasteiger partial charge >= 0.3 is 6.18 Å². The van der Waals surface area contributed by atoms with Gasteiger partial charge in [0.2, 0.25) is 5.91 Å². The first-order chi connectivity index (χ1) is 12.5. The van der Waals surface area contributed by atoms with Gasteiger partial charge in [-0.3, -0.25) is 10.2 Å². The van der Waals surface area contributed by atoms with Gasteiger partial charge in [-0.05, 0) is 54.2 Å². The molecule has 1 aliphatic heterocycles. The Kier molecular flexibility index (Phi) is 4.97. The van der Waals surface area contributed by atoms with E-state index in [-0.39, 0.29) is 12.1 Å². The van der Waals surface area contributed by atoms with Crippen molar-refractivity contribution in [3.8, 4) is 0 Å². The number of hydrogen-bond acceptors (Lipinski definition) is 2. The zero-order valence-electron chi connectivity index (χ0n) is 16.0. The van der Waals surface area contributed by atoms with Crippen LogP contribution in [0.4, 0.5) is 13.2 Å². The number of nitrogens with zero attached hydrogens (tertiary/aromatic N) is 1. The van der Waals surface area contributed by atoms with Crippen molar-refractivity contribution in [1.29, 1.82) is 0 Å². The first-order valence-corrected chi connectivity index (χ1v) is 9.14. The van der Waals surface area contributed by atoms with Crippen molar-refractivity contribution in [2.24, 2.45) is 11.3 Å². The zero-order valence-corrected chi connectivity index (χ0v) is 16.0. The fourth-order valence-electron chi connectivity index (χ4n) is 3.60. The molecule has 0 aliphatic carbocycles. The molecule has 1 fully saturated rings. The highest BCUT2D eigenvalue weighted by Crippen LogP contribution is 2.41. The van der Waals surface area contributed by atoms with Crippen LogP contribution >= 0.6 is 0 Å². The van der Waals surface area contributed by atoms with E-state index in [9.17, 15) is 18.0 Å². The maximum Gasteiger partial charge on any atom is 0.409 e. The molecule has 2 aromatic carbocycles. The molecule has 0 radical (unpaired) electrons. The number of carbonyl (C=O) groups excluding carboxylic acids is 1. The summed E-state index contributed by atoms with van der Waals surface area (Å²) in [6.45, 7) is 7.51. The molecular weight excluding hydrogens is 353 g/mol. The van der Waals surface area contributed by atoms with Crippen molar-refractivity contribution < 1.29 is 18.0 Å². The minimum absolute atomic E-state index is 0.00142. The number of carbonyl (C=O) groups is 1. The SMILES string of the molecule is CC(C)Cc1ccc2ccc([C@H](N3CC(C)(C)C(=O)N3)C(F)(F)F)cc2c1. The summed E-state index contributed by atoms with van der Waals surface area (Å²) in [6.07, 6.45) is -3.63. The third-order valence-electron chi connectivity index (χ3n) is 4.94. The molecule has 146 valence electrons. The van der Waals surface area contributed by atoms with Crippen LogP contribution in [0.2, 0.25) is 0 Å². The van der Waals surface area contributed by atoms with Gasteiger partial charge in [0.15, 0.2) is 0 Å². The van der Waals surface area contributed by atoms with Gasteiger partial charge in [-0.25, -0.2) is 5.01 Å². The standard InChI is InChI=1S/C21H25F3N2O/c1-13(2)9-14-5-6-15-7-8-16(11-17(15)10-14)18(21(22,23)24)26-12-20(3,4)19(27)25-26/h5-8,10-11,13,18H,9,12H2,1-4H3,(H,25,27)/t18-/m0/s1. The van der Waals surface area contributed by atoms with E-state index in [0.717, 1.165) is 27.8 Å². The molecular formula is C21H25F3N2O. The van der Waals surface area contributed by atoms with Crippen molar-refractivity contribution in [2.75, 3.05) is 6.54 Å². The van der Waals surface area contributed by atoms with Gasteiger partial charge in [-0.2, -0.15) is 13.2 Å². The Hall–Kier alpha value is -2.08. The van der Waals surface area contributed by atoms with Crippen molar-refractivity contribution in [3.05, 3.63) is 47.5 Å². The van der Waals surface area contributed by atoms with Crippen LogP contribution in [0.1, 0.15) is 44.9 Å². The van der Waals surface area contributed by atoms with Gasteiger partial charge < -0.3 is 0 Å². The van der Waals surface area contributed by atoms with Crippen LogP contribution in [0.25, 0.3) is 10.8 Å². The van der Waals surface area contributed by atoms with Crippen LogP contribution in [0.5, 0.6) is 0 Å². The summed E-state index contributed by atoms with van der Waals surface area (Å²) in [5.74, 6) is 0.0763. The van der Waals surface area contributed by atoms with Crippen LogP contribution in [0, 0.1) is 11.3 Å². The topological polar surface area (TPSA) is 32.3 Å². The van der Waals surface area contributed by atoms with Gasteiger partial charge in [0.1, 0.15) is 6.04 Å². The normalized spacial score (nSPS) is 18.9. The highest BCUT2D eigenvalue weighted by molar-refractivity contribution is 5.85. The van der Waals surface area contributed by atoms with E-state index in [2.05, 4.69) is 19.3 Å². The molecule has 3 rings (SSSR count). The van der Waals surface area contributed by atoms with Crippen LogP contribution in [-0.2, 0) is 11.2 Å². The van der Waals surface area contributed by atoms with Crippen LogP contribution < -0.4 is 5.43 Å². The molecule has 0 bridgehead atoms. The van der Waals surface area contributed by atoms with Gasteiger partial charge in [-0.15, -0.1) is 0 Å². The largest absolute Gasteiger partial charge is 0.409 e. The van der Waals surface area contributed by atoms with Crippen molar-refractivity contribution in [1.82, 2.24) is 10.4 Å². The molecule has 0 unspecified atom stereocenters. The average Bonchev–Trinajstić information content (AvgIpc) is 2.77. The lowest BCUT2D eigenvalue weighted by Crippen LogP contribution is -2.43. The monoisotopic (exact) mass is 378 g/mol. The third kappa shape index (κ3) is 4.10. The number of halogens is 3. The molecule has 0 saturated carbocycles. The average molecular weight is 378 g/mol. The van der Waals surface area contributed by atoms with Gasteiger partial charge in [0.25, 0.3) is 0 Å². The van der Waals surface area contributed by atoms with E-state index < -0.39 is 23.5 Å². The Morgan fingerprint density at radius 2 is 1.78 bits per heavy atom. The number of benzene rings is 2. The van der Waals surface area contributed by atoms with Gasteiger partial charge in [0, 0.05) is 6.54 Å². The smallest absolute Gasteiger partial charge is 0.287 e. The van der Waals surface area contributed by atoms with Gasteiger partial charge in [0.05, 0.1) is 5.41 Å². The molecule has 0 spiro atoms. The second-order valence-electron chi connectivity index (χ2n) is 8.44. The molecule has 27 heavy (non-hydrogen) atoms. The quantitative estimate of drug-likeness (QED) is 0.811. The Morgan fingerprint density at radius 1 is 1.11 bits per heavy atom. The Morgan fingerprint density at radius 3 is 2.33 bits per heavy atom. The second kappa shape index (κ2) is 6.82. The number of rotatable bonds is 4. The molecule has 1 saturated heterocycles. The first-order valence-electron chi connectivity index (χ1n) is 9.14. The van der Waals surface area contributed by atoms with Crippen LogP contribution in [0.3, 0.4) is 0 Å². The highest BCUT2D eigenvalue weighted by Gasteiger charge is 2.51. The number of hydrazine groups is 1.